The summed E-state index contributed by atoms with van der Waals surface area (Å²) in [5.74, 6) is -0.786. The number of hydrogen-bond donors (Lipinski definition) is 0. The zero-order valence-corrected chi connectivity index (χ0v) is 13.9. The molecule has 4 amide bonds. The van der Waals surface area contributed by atoms with Gasteiger partial charge in [0.15, 0.2) is 0 Å². The van der Waals surface area contributed by atoms with Crippen LogP contribution in [0.15, 0.2) is 23.8 Å². The van der Waals surface area contributed by atoms with Crippen LogP contribution in [-0.2, 0) is 9.59 Å². The second-order valence-corrected chi connectivity index (χ2v) is 5.54. The molecule has 1 aliphatic heterocycles. The van der Waals surface area contributed by atoms with Gasteiger partial charge in [0, 0.05) is 24.7 Å². The molecule has 0 unspecified atom stereocenters. The Bertz CT molecular complexity index is 673. The number of imide groups is 2. The Kier molecular flexibility index (Phi) is 5.05. The second-order valence-electron chi connectivity index (χ2n) is 5.10. The molecule has 0 saturated carbocycles. The number of hydrogen-bond acceptors (Lipinski definition) is 4. The van der Waals surface area contributed by atoms with Crippen LogP contribution in [0, 0.1) is 0 Å². The summed E-state index contributed by atoms with van der Waals surface area (Å²) in [6.07, 6.45) is 2.22. The number of rotatable bonds is 4. The lowest BCUT2D eigenvalue weighted by Gasteiger charge is -2.29. The number of halogens is 1. The Labute approximate surface area is 139 Å². The molecular formula is C16H17ClN2O4. The predicted molar refractivity (Wildman–Crippen MR) is 86.2 cm³/mol. The minimum absolute atomic E-state index is 0.113. The van der Waals surface area contributed by atoms with Gasteiger partial charge in [-0.1, -0.05) is 18.5 Å². The summed E-state index contributed by atoms with van der Waals surface area (Å²) < 4.78 is 5.61. The predicted octanol–water partition coefficient (Wildman–Crippen LogP) is 2.56. The molecule has 6 nitrogen and oxygen atoms in total. The van der Waals surface area contributed by atoms with Crippen LogP contribution < -0.4 is 4.74 Å². The fourth-order valence-electron chi connectivity index (χ4n) is 2.11. The van der Waals surface area contributed by atoms with Crippen molar-refractivity contribution in [2.45, 2.75) is 13.3 Å². The maximum absolute atomic E-state index is 12.2. The second kappa shape index (κ2) is 6.83. The fourth-order valence-corrected chi connectivity index (χ4v) is 2.29. The first-order valence-electron chi connectivity index (χ1n) is 7.11. The SMILES string of the molecule is CCCOc1ccc(Cl)cc1C=C1C(=O)N(C)C(=O)N(C)C1=O. The van der Waals surface area contributed by atoms with Crippen LogP contribution >= 0.6 is 11.6 Å². The highest BCUT2D eigenvalue weighted by Gasteiger charge is 2.37. The molecule has 1 saturated heterocycles. The number of likely N-dealkylation sites (N-methyl/N-ethyl adjacent to an activating group) is 2. The van der Waals surface area contributed by atoms with Gasteiger partial charge in [-0.05, 0) is 30.7 Å². The number of carbonyl (C=O) groups excluding carboxylic acids is 3. The monoisotopic (exact) mass is 336 g/mol. The van der Waals surface area contributed by atoms with Gasteiger partial charge < -0.3 is 4.74 Å². The Balaban J connectivity index is 2.47. The number of amides is 4. The van der Waals surface area contributed by atoms with Crippen LogP contribution in [0.3, 0.4) is 0 Å². The molecule has 23 heavy (non-hydrogen) atoms. The molecule has 1 heterocycles. The zero-order valence-electron chi connectivity index (χ0n) is 13.1. The summed E-state index contributed by atoms with van der Waals surface area (Å²) in [6, 6.07) is 4.30. The molecule has 1 aliphatic rings. The molecule has 1 aromatic rings. The van der Waals surface area contributed by atoms with Gasteiger partial charge in [-0.15, -0.1) is 0 Å². The van der Waals surface area contributed by atoms with Gasteiger partial charge in [-0.2, -0.15) is 0 Å². The molecule has 0 bridgehead atoms. The van der Waals surface area contributed by atoms with Crippen molar-refractivity contribution in [3.05, 3.63) is 34.4 Å². The minimum Gasteiger partial charge on any atom is -0.493 e. The molecule has 0 atom stereocenters. The zero-order chi connectivity index (χ0) is 17.1. The van der Waals surface area contributed by atoms with E-state index >= 15 is 0 Å². The van der Waals surface area contributed by atoms with Crippen LogP contribution in [0.5, 0.6) is 5.75 Å². The summed E-state index contributed by atoms with van der Waals surface area (Å²) in [6.45, 7) is 2.47. The van der Waals surface area contributed by atoms with E-state index < -0.39 is 17.8 Å². The number of barbiturate groups is 1. The molecule has 0 radical (unpaired) electrons. The maximum Gasteiger partial charge on any atom is 0.333 e. The van der Waals surface area contributed by atoms with E-state index in [9.17, 15) is 14.4 Å². The van der Waals surface area contributed by atoms with Crippen molar-refractivity contribution in [1.82, 2.24) is 9.80 Å². The lowest BCUT2D eigenvalue weighted by molar-refractivity contribution is -0.134. The third-order valence-electron chi connectivity index (χ3n) is 3.38. The van der Waals surface area contributed by atoms with Crippen molar-refractivity contribution in [3.63, 3.8) is 0 Å². The smallest absolute Gasteiger partial charge is 0.333 e. The summed E-state index contributed by atoms with van der Waals surface area (Å²) in [5.41, 5.74) is 0.400. The van der Waals surface area contributed by atoms with Crippen LogP contribution in [0.2, 0.25) is 5.02 Å². The van der Waals surface area contributed by atoms with Crippen molar-refractivity contribution in [2.24, 2.45) is 0 Å². The molecule has 1 aromatic carbocycles. The first-order chi connectivity index (χ1) is 10.9. The fraction of sp³-hybridized carbons (Fsp3) is 0.312. The highest BCUT2D eigenvalue weighted by Crippen LogP contribution is 2.27. The largest absolute Gasteiger partial charge is 0.493 e. The molecule has 7 heteroatoms. The number of nitrogens with zero attached hydrogens (tertiary/aromatic N) is 2. The van der Waals surface area contributed by atoms with E-state index in [1.165, 1.54) is 20.2 Å². The van der Waals surface area contributed by atoms with Gasteiger partial charge in [0.1, 0.15) is 11.3 Å². The van der Waals surface area contributed by atoms with E-state index in [1.807, 2.05) is 6.92 Å². The van der Waals surface area contributed by atoms with Crippen molar-refractivity contribution in [1.29, 1.82) is 0 Å². The molecule has 0 aromatic heterocycles. The van der Waals surface area contributed by atoms with Gasteiger partial charge in [0.05, 0.1) is 6.61 Å². The van der Waals surface area contributed by atoms with Gasteiger partial charge in [0.2, 0.25) is 0 Å². The molecule has 1 fully saturated rings. The van der Waals surface area contributed by atoms with Crippen LogP contribution in [0.1, 0.15) is 18.9 Å². The molecular weight excluding hydrogens is 320 g/mol. The first-order valence-corrected chi connectivity index (χ1v) is 7.48. The standard InChI is InChI=1S/C16H17ClN2O4/c1-4-7-23-13-6-5-11(17)8-10(13)9-12-14(20)18(2)16(22)19(3)15(12)21/h5-6,8-9H,4,7H2,1-3H3. The quantitative estimate of drug-likeness (QED) is 0.626. The van der Waals surface area contributed by atoms with Gasteiger partial charge in [0.25, 0.3) is 11.8 Å². The number of ether oxygens (including phenoxy) is 1. The van der Waals surface area contributed by atoms with Crippen molar-refractivity contribution < 1.29 is 19.1 Å². The maximum atomic E-state index is 12.2. The Morgan fingerprint density at radius 1 is 1.13 bits per heavy atom. The average Bonchev–Trinajstić information content (AvgIpc) is 2.54. The topological polar surface area (TPSA) is 66.9 Å². The normalized spacial score (nSPS) is 15.3. The Hall–Kier alpha value is -2.34. The van der Waals surface area contributed by atoms with E-state index in [-0.39, 0.29) is 5.57 Å². The minimum atomic E-state index is -0.661. The van der Waals surface area contributed by atoms with E-state index in [0.717, 1.165) is 16.2 Å². The Morgan fingerprint density at radius 3 is 2.30 bits per heavy atom. The Morgan fingerprint density at radius 2 is 1.74 bits per heavy atom. The van der Waals surface area contributed by atoms with Crippen molar-refractivity contribution in [2.75, 3.05) is 20.7 Å². The summed E-state index contributed by atoms with van der Waals surface area (Å²) >= 11 is 5.99. The highest BCUT2D eigenvalue weighted by atomic mass is 35.5. The van der Waals surface area contributed by atoms with E-state index in [0.29, 0.717) is 22.9 Å². The summed E-state index contributed by atoms with van der Waals surface area (Å²) in [7, 11) is 2.65. The highest BCUT2D eigenvalue weighted by molar-refractivity contribution is 6.32. The number of carbonyl (C=O) groups is 3. The van der Waals surface area contributed by atoms with E-state index in [2.05, 4.69) is 0 Å². The third kappa shape index (κ3) is 3.37. The number of urea groups is 1. The summed E-state index contributed by atoms with van der Waals surface area (Å²) in [5, 5.41) is 0.453. The summed E-state index contributed by atoms with van der Waals surface area (Å²) in [4.78, 5) is 38.0. The lowest BCUT2D eigenvalue weighted by atomic mass is 10.1. The van der Waals surface area contributed by atoms with Crippen molar-refractivity contribution >= 4 is 35.5 Å². The van der Waals surface area contributed by atoms with Gasteiger partial charge in [-0.3, -0.25) is 19.4 Å². The van der Waals surface area contributed by atoms with Gasteiger partial charge in [-0.25, -0.2) is 4.79 Å². The first kappa shape index (κ1) is 17.0. The van der Waals surface area contributed by atoms with E-state index in [1.54, 1.807) is 18.2 Å². The molecule has 0 aliphatic carbocycles. The average molecular weight is 337 g/mol. The third-order valence-corrected chi connectivity index (χ3v) is 3.61. The molecule has 0 spiro atoms. The van der Waals surface area contributed by atoms with E-state index in [4.69, 9.17) is 16.3 Å². The molecule has 0 N–H and O–H groups in total. The van der Waals surface area contributed by atoms with Crippen molar-refractivity contribution in [3.8, 4) is 5.75 Å². The lowest BCUT2D eigenvalue weighted by Crippen LogP contribution is -2.52. The molecule has 122 valence electrons. The van der Waals surface area contributed by atoms with Crippen LogP contribution in [0.4, 0.5) is 4.79 Å². The van der Waals surface area contributed by atoms with Crippen LogP contribution in [0.25, 0.3) is 6.08 Å². The van der Waals surface area contributed by atoms with Gasteiger partial charge >= 0.3 is 6.03 Å². The van der Waals surface area contributed by atoms with Crippen LogP contribution in [-0.4, -0.2) is 48.3 Å². The molecule has 2 rings (SSSR count). The number of benzene rings is 1.